The van der Waals surface area contributed by atoms with Crippen LogP contribution in [0.25, 0.3) is 0 Å². The number of rotatable bonds is 5. The zero-order chi connectivity index (χ0) is 12.0. The van der Waals surface area contributed by atoms with Gasteiger partial charge in [0, 0.05) is 12.6 Å². The van der Waals surface area contributed by atoms with Gasteiger partial charge in [0.25, 0.3) is 0 Å². The van der Waals surface area contributed by atoms with Gasteiger partial charge in [0.15, 0.2) is 0 Å². The number of carbonyl (C=O) groups is 1. The van der Waals surface area contributed by atoms with Crippen LogP contribution < -0.4 is 11.1 Å². The van der Waals surface area contributed by atoms with Gasteiger partial charge < -0.3 is 11.1 Å². The molecular formula is C12H19N3O. The van der Waals surface area contributed by atoms with Gasteiger partial charge in [0.05, 0.1) is 11.9 Å². The molecule has 0 radical (unpaired) electrons. The molecular weight excluding hydrogens is 202 g/mol. The fourth-order valence-electron chi connectivity index (χ4n) is 1.34. The SMILES string of the molecule is Cc1cncc(NC(=O)CCC(C)CN)c1. The lowest BCUT2D eigenvalue weighted by Crippen LogP contribution is -2.16. The zero-order valence-corrected chi connectivity index (χ0v) is 9.86. The molecule has 1 amide bonds. The molecule has 0 saturated carbocycles. The van der Waals surface area contributed by atoms with Gasteiger partial charge >= 0.3 is 0 Å². The Kier molecular flexibility index (Phi) is 4.92. The Bertz CT molecular complexity index is 352. The molecule has 0 aliphatic carbocycles. The number of nitrogens with zero attached hydrogens (tertiary/aromatic N) is 1. The molecule has 1 aromatic heterocycles. The van der Waals surface area contributed by atoms with E-state index in [1.165, 1.54) is 0 Å². The molecule has 16 heavy (non-hydrogen) atoms. The number of nitrogens with one attached hydrogen (secondary N) is 1. The molecule has 1 atom stereocenters. The Balaban J connectivity index is 2.40. The summed E-state index contributed by atoms with van der Waals surface area (Å²) in [4.78, 5) is 15.6. The van der Waals surface area contributed by atoms with Crippen molar-refractivity contribution in [2.75, 3.05) is 11.9 Å². The number of amides is 1. The normalized spacial score (nSPS) is 12.2. The van der Waals surface area contributed by atoms with Crippen LogP contribution in [-0.2, 0) is 4.79 Å². The highest BCUT2D eigenvalue weighted by atomic mass is 16.1. The molecule has 0 aliphatic rings. The highest BCUT2D eigenvalue weighted by molar-refractivity contribution is 5.90. The molecule has 4 nitrogen and oxygen atoms in total. The van der Waals surface area contributed by atoms with Gasteiger partial charge in [-0.1, -0.05) is 6.92 Å². The van der Waals surface area contributed by atoms with Crippen molar-refractivity contribution in [3.63, 3.8) is 0 Å². The molecule has 1 aromatic rings. The first-order valence-electron chi connectivity index (χ1n) is 5.53. The molecule has 1 unspecified atom stereocenters. The van der Waals surface area contributed by atoms with E-state index in [9.17, 15) is 4.79 Å². The third kappa shape index (κ3) is 4.40. The van der Waals surface area contributed by atoms with Gasteiger partial charge in [-0.05, 0) is 37.4 Å². The van der Waals surface area contributed by atoms with Crippen molar-refractivity contribution < 1.29 is 4.79 Å². The Labute approximate surface area is 96.3 Å². The van der Waals surface area contributed by atoms with Crippen LogP contribution in [0.15, 0.2) is 18.5 Å². The lowest BCUT2D eigenvalue weighted by atomic mass is 10.1. The second kappa shape index (κ2) is 6.23. The van der Waals surface area contributed by atoms with Crippen LogP contribution in [0.2, 0.25) is 0 Å². The number of hydrogen-bond acceptors (Lipinski definition) is 3. The Morgan fingerprint density at radius 1 is 1.56 bits per heavy atom. The van der Waals surface area contributed by atoms with Gasteiger partial charge in [-0.25, -0.2) is 0 Å². The zero-order valence-electron chi connectivity index (χ0n) is 9.86. The maximum atomic E-state index is 11.6. The van der Waals surface area contributed by atoms with Crippen molar-refractivity contribution in [1.29, 1.82) is 0 Å². The molecule has 0 fully saturated rings. The summed E-state index contributed by atoms with van der Waals surface area (Å²) in [6, 6.07) is 1.90. The summed E-state index contributed by atoms with van der Waals surface area (Å²) < 4.78 is 0. The van der Waals surface area contributed by atoms with E-state index in [0.29, 0.717) is 18.9 Å². The Morgan fingerprint density at radius 2 is 2.31 bits per heavy atom. The van der Waals surface area contributed by atoms with Crippen LogP contribution in [0.1, 0.15) is 25.3 Å². The van der Waals surface area contributed by atoms with Gasteiger partial charge in [-0.2, -0.15) is 0 Å². The van der Waals surface area contributed by atoms with Crippen LogP contribution in [0.5, 0.6) is 0 Å². The second-order valence-corrected chi connectivity index (χ2v) is 4.18. The summed E-state index contributed by atoms with van der Waals surface area (Å²) >= 11 is 0. The fourth-order valence-corrected chi connectivity index (χ4v) is 1.34. The van der Waals surface area contributed by atoms with E-state index in [0.717, 1.165) is 17.7 Å². The number of pyridine rings is 1. The number of aryl methyl sites for hydroxylation is 1. The van der Waals surface area contributed by atoms with Crippen LogP contribution >= 0.6 is 0 Å². The van der Waals surface area contributed by atoms with Crippen molar-refractivity contribution in [2.45, 2.75) is 26.7 Å². The highest BCUT2D eigenvalue weighted by Crippen LogP contribution is 2.09. The minimum atomic E-state index is 0.0210. The predicted octanol–water partition coefficient (Wildman–Crippen LogP) is 1.70. The highest BCUT2D eigenvalue weighted by Gasteiger charge is 2.05. The standard InChI is InChI=1S/C12H19N3O/c1-9(6-13)3-4-12(16)15-11-5-10(2)7-14-8-11/h5,7-9H,3-4,6,13H2,1-2H3,(H,15,16). The summed E-state index contributed by atoms with van der Waals surface area (Å²) in [6.07, 6.45) is 4.73. The first-order valence-corrected chi connectivity index (χ1v) is 5.53. The maximum absolute atomic E-state index is 11.6. The molecule has 0 aliphatic heterocycles. The van der Waals surface area contributed by atoms with E-state index >= 15 is 0 Å². The van der Waals surface area contributed by atoms with E-state index in [2.05, 4.69) is 10.3 Å². The first-order chi connectivity index (χ1) is 7.61. The van der Waals surface area contributed by atoms with Gasteiger partial charge in [0.1, 0.15) is 0 Å². The van der Waals surface area contributed by atoms with Crippen LogP contribution in [0, 0.1) is 12.8 Å². The molecule has 3 N–H and O–H groups in total. The summed E-state index contributed by atoms with van der Waals surface area (Å²) in [7, 11) is 0. The summed E-state index contributed by atoms with van der Waals surface area (Å²) in [6.45, 7) is 4.61. The molecule has 0 saturated heterocycles. The number of hydrogen-bond donors (Lipinski definition) is 2. The maximum Gasteiger partial charge on any atom is 0.224 e. The molecule has 88 valence electrons. The number of aromatic nitrogens is 1. The molecule has 4 heteroatoms. The molecule has 0 bridgehead atoms. The second-order valence-electron chi connectivity index (χ2n) is 4.18. The predicted molar refractivity (Wildman–Crippen MR) is 65.1 cm³/mol. The number of anilines is 1. The molecule has 1 rings (SSSR count). The van der Waals surface area contributed by atoms with Crippen LogP contribution in [0.4, 0.5) is 5.69 Å². The minimum absolute atomic E-state index is 0.0210. The molecule has 0 aromatic carbocycles. The van der Waals surface area contributed by atoms with Crippen molar-refractivity contribution in [3.8, 4) is 0 Å². The van der Waals surface area contributed by atoms with E-state index in [1.807, 2.05) is 19.9 Å². The van der Waals surface area contributed by atoms with Crippen LogP contribution in [-0.4, -0.2) is 17.4 Å². The summed E-state index contributed by atoms with van der Waals surface area (Å²) in [5, 5.41) is 2.82. The fraction of sp³-hybridized carbons (Fsp3) is 0.500. The average Bonchev–Trinajstić information content (AvgIpc) is 2.26. The first kappa shape index (κ1) is 12.6. The Hall–Kier alpha value is -1.42. The summed E-state index contributed by atoms with van der Waals surface area (Å²) in [5.41, 5.74) is 7.28. The lowest BCUT2D eigenvalue weighted by Gasteiger charge is -2.08. The number of nitrogens with two attached hydrogens (primary N) is 1. The Morgan fingerprint density at radius 3 is 2.94 bits per heavy atom. The number of carbonyl (C=O) groups excluding carboxylic acids is 1. The van der Waals surface area contributed by atoms with E-state index in [-0.39, 0.29) is 5.91 Å². The van der Waals surface area contributed by atoms with Gasteiger partial charge in [-0.15, -0.1) is 0 Å². The van der Waals surface area contributed by atoms with Crippen molar-refractivity contribution in [3.05, 3.63) is 24.0 Å². The van der Waals surface area contributed by atoms with E-state index < -0.39 is 0 Å². The van der Waals surface area contributed by atoms with Gasteiger partial charge in [-0.3, -0.25) is 9.78 Å². The monoisotopic (exact) mass is 221 g/mol. The summed E-state index contributed by atoms with van der Waals surface area (Å²) in [5.74, 6) is 0.411. The van der Waals surface area contributed by atoms with E-state index in [1.54, 1.807) is 12.4 Å². The van der Waals surface area contributed by atoms with Gasteiger partial charge in [0.2, 0.25) is 5.91 Å². The average molecular weight is 221 g/mol. The molecule has 1 heterocycles. The van der Waals surface area contributed by atoms with Crippen molar-refractivity contribution in [2.24, 2.45) is 11.7 Å². The van der Waals surface area contributed by atoms with Crippen molar-refractivity contribution in [1.82, 2.24) is 4.98 Å². The van der Waals surface area contributed by atoms with E-state index in [4.69, 9.17) is 5.73 Å². The topological polar surface area (TPSA) is 68.0 Å². The minimum Gasteiger partial charge on any atom is -0.330 e. The quantitative estimate of drug-likeness (QED) is 0.795. The van der Waals surface area contributed by atoms with Crippen molar-refractivity contribution >= 4 is 11.6 Å². The third-order valence-electron chi connectivity index (χ3n) is 2.43. The largest absolute Gasteiger partial charge is 0.330 e. The lowest BCUT2D eigenvalue weighted by molar-refractivity contribution is -0.116. The van der Waals surface area contributed by atoms with Crippen LogP contribution in [0.3, 0.4) is 0 Å². The molecule has 0 spiro atoms. The smallest absolute Gasteiger partial charge is 0.224 e. The third-order valence-corrected chi connectivity index (χ3v) is 2.43.